The second-order valence-corrected chi connectivity index (χ2v) is 5.96. The maximum absolute atomic E-state index is 5.66. The third-order valence-corrected chi connectivity index (χ3v) is 3.36. The van der Waals surface area contributed by atoms with Gasteiger partial charge in [0.2, 0.25) is 0 Å². The molecule has 1 aliphatic carbocycles. The van der Waals surface area contributed by atoms with Gasteiger partial charge in [-0.3, -0.25) is 0 Å². The summed E-state index contributed by atoms with van der Waals surface area (Å²) in [4.78, 5) is 0. The highest BCUT2D eigenvalue weighted by Gasteiger charge is 2.19. The minimum absolute atomic E-state index is 0.497. The molecule has 1 fully saturated rings. The van der Waals surface area contributed by atoms with Gasteiger partial charge in [0.05, 0.1) is 6.61 Å². The maximum atomic E-state index is 5.66. The van der Waals surface area contributed by atoms with Crippen molar-refractivity contribution in [1.82, 2.24) is 5.32 Å². The largest absolute Gasteiger partial charge is 0.380 e. The standard InChI is InChI=1S/C14H29NO/c1-11(2)9-16-10-13(4)15-14-7-5-12(3)6-8-14/h11-15H,5-10H2,1-4H3. The second kappa shape index (κ2) is 7.29. The van der Waals surface area contributed by atoms with Crippen molar-refractivity contribution in [2.75, 3.05) is 13.2 Å². The lowest BCUT2D eigenvalue weighted by Crippen LogP contribution is -2.41. The lowest BCUT2D eigenvalue weighted by atomic mass is 9.87. The Bertz CT molecular complexity index is 174. The molecule has 0 radical (unpaired) electrons. The van der Waals surface area contributed by atoms with E-state index in [1.807, 2.05) is 0 Å². The number of rotatable bonds is 6. The van der Waals surface area contributed by atoms with E-state index in [1.54, 1.807) is 0 Å². The van der Waals surface area contributed by atoms with Gasteiger partial charge in [0.1, 0.15) is 0 Å². The fourth-order valence-corrected chi connectivity index (χ4v) is 2.36. The summed E-state index contributed by atoms with van der Waals surface area (Å²) in [5, 5.41) is 3.69. The molecule has 0 aliphatic heterocycles. The zero-order chi connectivity index (χ0) is 12.0. The molecule has 1 aliphatic rings. The molecule has 96 valence electrons. The van der Waals surface area contributed by atoms with Gasteiger partial charge in [-0.2, -0.15) is 0 Å². The minimum Gasteiger partial charge on any atom is -0.380 e. The van der Waals surface area contributed by atoms with Gasteiger partial charge in [-0.1, -0.05) is 20.8 Å². The lowest BCUT2D eigenvalue weighted by Gasteiger charge is -2.29. The Hall–Kier alpha value is -0.0800. The molecule has 1 saturated carbocycles. The summed E-state index contributed by atoms with van der Waals surface area (Å²) in [6.07, 6.45) is 5.46. The number of hydrogen-bond donors (Lipinski definition) is 1. The van der Waals surface area contributed by atoms with Crippen LogP contribution in [0.15, 0.2) is 0 Å². The molecule has 0 spiro atoms. The molecular weight excluding hydrogens is 198 g/mol. The highest BCUT2D eigenvalue weighted by molar-refractivity contribution is 4.77. The lowest BCUT2D eigenvalue weighted by molar-refractivity contribution is 0.0885. The molecule has 0 bridgehead atoms. The Kier molecular flexibility index (Phi) is 6.37. The molecule has 0 amide bonds. The first kappa shape index (κ1) is 14.0. The molecule has 0 aromatic rings. The van der Waals surface area contributed by atoms with Gasteiger partial charge in [0, 0.05) is 18.7 Å². The molecule has 2 heteroatoms. The van der Waals surface area contributed by atoms with Crippen molar-refractivity contribution >= 4 is 0 Å². The average Bonchev–Trinajstić information content (AvgIpc) is 2.21. The van der Waals surface area contributed by atoms with E-state index < -0.39 is 0 Å². The Labute approximate surface area is 101 Å². The average molecular weight is 227 g/mol. The summed E-state index contributed by atoms with van der Waals surface area (Å²) in [6, 6.07) is 1.23. The van der Waals surface area contributed by atoms with Crippen LogP contribution >= 0.6 is 0 Å². The zero-order valence-corrected chi connectivity index (χ0v) is 11.5. The smallest absolute Gasteiger partial charge is 0.0617 e. The van der Waals surface area contributed by atoms with E-state index in [1.165, 1.54) is 25.7 Å². The van der Waals surface area contributed by atoms with Crippen LogP contribution < -0.4 is 5.32 Å². The predicted molar refractivity (Wildman–Crippen MR) is 69.7 cm³/mol. The van der Waals surface area contributed by atoms with Gasteiger partial charge in [-0.15, -0.1) is 0 Å². The van der Waals surface area contributed by atoms with E-state index in [4.69, 9.17) is 4.74 Å². The van der Waals surface area contributed by atoms with Crippen LogP contribution in [0.3, 0.4) is 0 Å². The first-order chi connectivity index (χ1) is 7.58. The molecule has 1 N–H and O–H groups in total. The summed E-state index contributed by atoms with van der Waals surface area (Å²) in [6.45, 7) is 10.7. The fourth-order valence-electron chi connectivity index (χ4n) is 2.36. The van der Waals surface area contributed by atoms with E-state index in [0.717, 1.165) is 25.2 Å². The highest BCUT2D eigenvalue weighted by Crippen LogP contribution is 2.23. The van der Waals surface area contributed by atoms with Crippen LogP contribution in [-0.4, -0.2) is 25.3 Å². The monoisotopic (exact) mass is 227 g/mol. The fraction of sp³-hybridized carbons (Fsp3) is 1.00. The van der Waals surface area contributed by atoms with Crippen molar-refractivity contribution in [2.45, 2.75) is 65.5 Å². The van der Waals surface area contributed by atoms with Crippen molar-refractivity contribution < 1.29 is 4.74 Å². The van der Waals surface area contributed by atoms with E-state index in [9.17, 15) is 0 Å². The SMILES string of the molecule is CC(C)COCC(C)NC1CCC(C)CC1. The quantitative estimate of drug-likeness (QED) is 0.752. The molecule has 1 atom stereocenters. The Balaban J connectivity index is 2.07. The summed E-state index contributed by atoms with van der Waals surface area (Å²) < 4.78 is 5.66. The van der Waals surface area contributed by atoms with Gasteiger partial charge in [0.25, 0.3) is 0 Å². The van der Waals surface area contributed by atoms with Gasteiger partial charge in [0.15, 0.2) is 0 Å². The van der Waals surface area contributed by atoms with E-state index in [-0.39, 0.29) is 0 Å². The van der Waals surface area contributed by atoms with E-state index >= 15 is 0 Å². The molecule has 16 heavy (non-hydrogen) atoms. The summed E-state index contributed by atoms with van der Waals surface area (Å²) in [5.74, 6) is 1.58. The van der Waals surface area contributed by atoms with E-state index in [0.29, 0.717) is 12.0 Å². The predicted octanol–water partition coefficient (Wildman–Crippen LogP) is 3.22. The van der Waals surface area contributed by atoms with Crippen LogP contribution in [0, 0.1) is 11.8 Å². The summed E-state index contributed by atoms with van der Waals surface area (Å²) >= 11 is 0. The van der Waals surface area contributed by atoms with Crippen LogP contribution in [0.1, 0.15) is 53.4 Å². The molecule has 1 unspecified atom stereocenters. The van der Waals surface area contributed by atoms with Crippen molar-refractivity contribution in [1.29, 1.82) is 0 Å². The molecule has 0 saturated heterocycles. The molecule has 2 nitrogen and oxygen atoms in total. The van der Waals surface area contributed by atoms with Gasteiger partial charge < -0.3 is 10.1 Å². The maximum Gasteiger partial charge on any atom is 0.0617 e. The number of nitrogens with one attached hydrogen (secondary N) is 1. The van der Waals surface area contributed by atoms with Crippen LogP contribution in [0.2, 0.25) is 0 Å². The van der Waals surface area contributed by atoms with Crippen LogP contribution in [-0.2, 0) is 4.74 Å². The number of hydrogen-bond acceptors (Lipinski definition) is 2. The molecule has 1 rings (SSSR count). The van der Waals surface area contributed by atoms with Crippen molar-refractivity contribution in [2.24, 2.45) is 11.8 Å². The van der Waals surface area contributed by atoms with Crippen LogP contribution in [0.4, 0.5) is 0 Å². The van der Waals surface area contributed by atoms with Crippen molar-refractivity contribution in [3.05, 3.63) is 0 Å². The second-order valence-electron chi connectivity index (χ2n) is 5.96. The topological polar surface area (TPSA) is 21.3 Å². The third kappa shape index (κ3) is 5.86. The number of ether oxygens (including phenoxy) is 1. The minimum atomic E-state index is 0.497. The Morgan fingerprint density at radius 3 is 2.25 bits per heavy atom. The third-order valence-electron chi connectivity index (χ3n) is 3.36. The van der Waals surface area contributed by atoms with Crippen molar-refractivity contribution in [3.63, 3.8) is 0 Å². The molecule has 0 aromatic carbocycles. The molecule has 0 aromatic heterocycles. The normalized spacial score (nSPS) is 28.3. The summed E-state index contributed by atoms with van der Waals surface area (Å²) in [7, 11) is 0. The van der Waals surface area contributed by atoms with Gasteiger partial charge >= 0.3 is 0 Å². The Morgan fingerprint density at radius 1 is 1.06 bits per heavy atom. The highest BCUT2D eigenvalue weighted by atomic mass is 16.5. The Morgan fingerprint density at radius 2 is 1.69 bits per heavy atom. The van der Waals surface area contributed by atoms with Gasteiger partial charge in [-0.05, 0) is 44.4 Å². The molecule has 0 heterocycles. The van der Waals surface area contributed by atoms with Crippen LogP contribution in [0.5, 0.6) is 0 Å². The van der Waals surface area contributed by atoms with Gasteiger partial charge in [-0.25, -0.2) is 0 Å². The van der Waals surface area contributed by atoms with Crippen LogP contribution in [0.25, 0.3) is 0 Å². The zero-order valence-electron chi connectivity index (χ0n) is 11.5. The van der Waals surface area contributed by atoms with Crippen molar-refractivity contribution in [3.8, 4) is 0 Å². The summed E-state index contributed by atoms with van der Waals surface area (Å²) in [5.41, 5.74) is 0. The molecular formula is C14H29NO. The first-order valence-electron chi connectivity index (χ1n) is 6.91. The van der Waals surface area contributed by atoms with E-state index in [2.05, 4.69) is 33.0 Å². The first-order valence-corrected chi connectivity index (χ1v) is 6.91.